The lowest BCUT2D eigenvalue weighted by Crippen LogP contribution is -2.07. The van der Waals surface area contributed by atoms with E-state index in [0.717, 1.165) is 5.69 Å². The third-order valence-corrected chi connectivity index (χ3v) is 4.87. The fraction of sp³-hybridized carbons (Fsp3) is 0.0833. The van der Waals surface area contributed by atoms with Gasteiger partial charge in [-0.25, -0.2) is 9.48 Å². The van der Waals surface area contributed by atoms with Crippen molar-refractivity contribution in [3.8, 4) is 22.7 Å². The molecule has 0 saturated carbocycles. The highest BCUT2D eigenvalue weighted by atomic mass is 16.6. The molecule has 3 aromatic carbocycles. The van der Waals surface area contributed by atoms with E-state index in [1.54, 1.807) is 60.5 Å². The van der Waals surface area contributed by atoms with Crippen molar-refractivity contribution in [1.82, 2.24) is 9.78 Å². The molecule has 0 amide bonds. The highest BCUT2D eigenvalue weighted by molar-refractivity contribution is 5.96. The number of hydrogen-bond acceptors (Lipinski definition) is 6. The monoisotopic (exact) mass is 429 g/mol. The third-order valence-electron chi connectivity index (χ3n) is 4.87. The summed E-state index contributed by atoms with van der Waals surface area (Å²) in [6.07, 6.45) is 1.59. The van der Waals surface area contributed by atoms with E-state index in [2.05, 4.69) is 5.10 Å². The molecule has 1 aromatic heterocycles. The SMILES string of the molecule is COc1ccc(-c2nn(-c3ccccc3)cc2C(=O)OCc2ccccc2[N+](=O)[O-])cc1. The van der Waals surface area contributed by atoms with Crippen molar-refractivity contribution in [3.05, 3.63) is 106 Å². The minimum Gasteiger partial charge on any atom is -0.497 e. The predicted octanol–water partition coefficient (Wildman–Crippen LogP) is 4.81. The zero-order valence-corrected chi connectivity index (χ0v) is 17.2. The summed E-state index contributed by atoms with van der Waals surface area (Å²) in [5.74, 6) is 0.0490. The van der Waals surface area contributed by atoms with Crippen LogP contribution in [0.1, 0.15) is 15.9 Å². The summed E-state index contributed by atoms with van der Waals surface area (Å²) >= 11 is 0. The van der Waals surface area contributed by atoms with E-state index < -0.39 is 10.9 Å². The van der Waals surface area contributed by atoms with Crippen LogP contribution in [-0.4, -0.2) is 27.8 Å². The molecule has 32 heavy (non-hydrogen) atoms. The number of benzene rings is 3. The van der Waals surface area contributed by atoms with Crippen LogP contribution < -0.4 is 4.74 Å². The Kier molecular flexibility index (Phi) is 5.94. The number of aromatic nitrogens is 2. The van der Waals surface area contributed by atoms with Crippen LogP contribution in [-0.2, 0) is 11.3 Å². The molecule has 8 nitrogen and oxygen atoms in total. The minimum atomic E-state index is -0.629. The van der Waals surface area contributed by atoms with Gasteiger partial charge in [0.05, 0.1) is 23.3 Å². The first-order chi connectivity index (χ1) is 15.6. The van der Waals surface area contributed by atoms with Crippen molar-refractivity contribution >= 4 is 11.7 Å². The van der Waals surface area contributed by atoms with Crippen molar-refractivity contribution < 1.29 is 19.2 Å². The number of nitro groups is 1. The number of nitro benzene ring substituents is 1. The number of ether oxygens (including phenoxy) is 2. The number of para-hydroxylation sites is 2. The quantitative estimate of drug-likeness (QED) is 0.238. The van der Waals surface area contributed by atoms with Crippen LogP contribution in [0.4, 0.5) is 5.69 Å². The van der Waals surface area contributed by atoms with Gasteiger partial charge in [0.1, 0.15) is 23.6 Å². The molecule has 0 spiro atoms. The summed E-state index contributed by atoms with van der Waals surface area (Å²) < 4.78 is 12.2. The largest absolute Gasteiger partial charge is 0.497 e. The molecule has 4 rings (SSSR count). The molecule has 8 heteroatoms. The second kappa shape index (κ2) is 9.13. The molecule has 0 fully saturated rings. The lowest BCUT2D eigenvalue weighted by molar-refractivity contribution is -0.385. The molecule has 0 aliphatic rings. The lowest BCUT2D eigenvalue weighted by Gasteiger charge is -2.06. The van der Waals surface area contributed by atoms with Crippen molar-refractivity contribution in [2.75, 3.05) is 7.11 Å². The van der Waals surface area contributed by atoms with Gasteiger partial charge >= 0.3 is 5.97 Å². The normalized spacial score (nSPS) is 10.5. The maximum atomic E-state index is 13.0. The molecule has 4 aromatic rings. The molecule has 0 atom stereocenters. The van der Waals surface area contributed by atoms with Gasteiger partial charge in [0.15, 0.2) is 0 Å². The van der Waals surface area contributed by atoms with E-state index in [1.807, 2.05) is 30.3 Å². The van der Waals surface area contributed by atoms with E-state index in [0.29, 0.717) is 22.6 Å². The molecule has 0 radical (unpaired) electrons. The van der Waals surface area contributed by atoms with Gasteiger partial charge in [-0.2, -0.15) is 5.10 Å². The summed E-state index contributed by atoms with van der Waals surface area (Å²) in [7, 11) is 1.57. The summed E-state index contributed by atoms with van der Waals surface area (Å²) in [4.78, 5) is 23.7. The van der Waals surface area contributed by atoms with Gasteiger partial charge in [-0.1, -0.05) is 30.3 Å². The average Bonchev–Trinajstić information content (AvgIpc) is 3.29. The maximum absolute atomic E-state index is 13.0. The van der Waals surface area contributed by atoms with Crippen LogP contribution in [0.3, 0.4) is 0 Å². The van der Waals surface area contributed by atoms with E-state index in [9.17, 15) is 14.9 Å². The number of carbonyl (C=O) groups excluding carboxylic acids is 1. The number of esters is 1. The zero-order valence-electron chi connectivity index (χ0n) is 17.2. The molecule has 0 saturated heterocycles. The summed E-state index contributed by atoms with van der Waals surface area (Å²) in [6.45, 7) is -0.228. The predicted molar refractivity (Wildman–Crippen MR) is 118 cm³/mol. The highest BCUT2D eigenvalue weighted by Gasteiger charge is 2.21. The van der Waals surface area contributed by atoms with Crippen molar-refractivity contribution in [1.29, 1.82) is 0 Å². The fourth-order valence-electron chi connectivity index (χ4n) is 3.23. The highest BCUT2D eigenvalue weighted by Crippen LogP contribution is 2.27. The topological polar surface area (TPSA) is 96.5 Å². The van der Waals surface area contributed by atoms with Crippen LogP contribution in [0.25, 0.3) is 16.9 Å². The first-order valence-corrected chi connectivity index (χ1v) is 9.76. The summed E-state index contributed by atoms with van der Waals surface area (Å²) in [5.41, 5.74) is 2.38. The molecule has 0 N–H and O–H groups in total. The Labute approximate surface area is 183 Å². The molecule has 1 heterocycles. The zero-order chi connectivity index (χ0) is 22.5. The molecular weight excluding hydrogens is 410 g/mol. The molecule has 0 bridgehead atoms. The van der Waals surface area contributed by atoms with E-state index in [-0.39, 0.29) is 17.9 Å². The first-order valence-electron chi connectivity index (χ1n) is 9.76. The number of rotatable bonds is 7. The Balaban J connectivity index is 1.67. The van der Waals surface area contributed by atoms with Gasteiger partial charge in [0.2, 0.25) is 0 Å². The first kappa shape index (κ1) is 20.8. The average molecular weight is 429 g/mol. The number of methoxy groups -OCH3 is 1. The van der Waals surface area contributed by atoms with Crippen LogP contribution in [0.5, 0.6) is 5.75 Å². The molecular formula is C24H19N3O5. The van der Waals surface area contributed by atoms with Crippen LogP contribution in [0.15, 0.2) is 85.1 Å². The van der Waals surface area contributed by atoms with E-state index in [4.69, 9.17) is 9.47 Å². The van der Waals surface area contributed by atoms with Gasteiger partial charge in [-0.05, 0) is 42.5 Å². The van der Waals surface area contributed by atoms with Gasteiger partial charge in [-0.3, -0.25) is 10.1 Å². The van der Waals surface area contributed by atoms with Crippen LogP contribution >= 0.6 is 0 Å². The summed E-state index contributed by atoms with van der Waals surface area (Å²) in [5, 5.41) is 15.8. The van der Waals surface area contributed by atoms with Gasteiger partial charge in [-0.15, -0.1) is 0 Å². The number of carbonyl (C=O) groups is 1. The third kappa shape index (κ3) is 4.34. The fourth-order valence-corrected chi connectivity index (χ4v) is 3.23. The van der Waals surface area contributed by atoms with Gasteiger partial charge in [0, 0.05) is 17.8 Å². The Morgan fingerprint density at radius 3 is 2.38 bits per heavy atom. The van der Waals surface area contributed by atoms with E-state index >= 15 is 0 Å². The number of nitrogens with zero attached hydrogens (tertiary/aromatic N) is 3. The molecule has 160 valence electrons. The Morgan fingerprint density at radius 2 is 1.69 bits per heavy atom. The van der Waals surface area contributed by atoms with Gasteiger partial charge < -0.3 is 9.47 Å². The molecule has 0 aliphatic carbocycles. The number of hydrogen-bond donors (Lipinski definition) is 0. The maximum Gasteiger partial charge on any atom is 0.342 e. The van der Waals surface area contributed by atoms with Crippen LogP contribution in [0, 0.1) is 10.1 Å². The minimum absolute atomic E-state index is 0.101. The Hall–Kier alpha value is -4.46. The van der Waals surface area contributed by atoms with Crippen molar-refractivity contribution in [3.63, 3.8) is 0 Å². The lowest BCUT2D eigenvalue weighted by atomic mass is 10.1. The second-order valence-electron chi connectivity index (χ2n) is 6.86. The van der Waals surface area contributed by atoms with E-state index in [1.165, 1.54) is 6.07 Å². The second-order valence-corrected chi connectivity index (χ2v) is 6.86. The molecule has 0 aliphatic heterocycles. The summed E-state index contributed by atoms with van der Waals surface area (Å²) in [6, 6.07) is 22.7. The smallest absolute Gasteiger partial charge is 0.342 e. The van der Waals surface area contributed by atoms with Crippen molar-refractivity contribution in [2.45, 2.75) is 6.61 Å². The Morgan fingerprint density at radius 1 is 1.00 bits per heavy atom. The molecule has 0 unspecified atom stereocenters. The Bertz CT molecular complexity index is 1250. The standard InChI is InChI=1S/C24H19N3O5/c1-31-20-13-11-17(12-14-20)23-21(15-26(25-23)19-8-3-2-4-9-19)24(28)32-16-18-7-5-6-10-22(18)27(29)30/h2-15H,16H2,1H3. The van der Waals surface area contributed by atoms with Gasteiger partial charge in [0.25, 0.3) is 5.69 Å². The van der Waals surface area contributed by atoms with Crippen LogP contribution in [0.2, 0.25) is 0 Å². The van der Waals surface area contributed by atoms with Crippen molar-refractivity contribution in [2.24, 2.45) is 0 Å².